The number of H-pyrrole nitrogens is 1. The van der Waals surface area contributed by atoms with Gasteiger partial charge in [0.2, 0.25) is 13.6 Å². The SMILES string of the molecule is CC1CC(COP(OCOC(=O)C(C)(C)C)OCOC(=O)C(C)(C)C)OC1n1ccc(=O)[nH]c1=O. The first-order valence-electron chi connectivity index (χ1n) is 11.2. The van der Waals surface area contributed by atoms with Crippen LogP contribution in [0.15, 0.2) is 21.9 Å². The third kappa shape index (κ3) is 9.12. The fraction of sp³-hybridized carbons (Fsp3) is 0.727. The van der Waals surface area contributed by atoms with E-state index >= 15 is 0 Å². The van der Waals surface area contributed by atoms with Gasteiger partial charge in [-0.1, -0.05) is 6.92 Å². The lowest BCUT2D eigenvalue weighted by molar-refractivity contribution is -0.162. The molecule has 12 nitrogen and oxygen atoms in total. The molecule has 1 aliphatic heterocycles. The molecule has 0 spiro atoms. The van der Waals surface area contributed by atoms with Crippen LogP contribution in [0.25, 0.3) is 0 Å². The van der Waals surface area contributed by atoms with E-state index in [4.69, 9.17) is 27.8 Å². The average Bonchev–Trinajstić information content (AvgIpc) is 3.10. The Labute approximate surface area is 205 Å². The monoisotopic (exact) mass is 518 g/mol. The minimum atomic E-state index is -2.05. The molecule has 198 valence electrons. The zero-order valence-corrected chi connectivity index (χ0v) is 22.1. The number of carbonyl (C=O) groups excluding carboxylic acids is 2. The Bertz CT molecular complexity index is 946. The normalized spacial score (nSPS) is 20.7. The minimum absolute atomic E-state index is 0.0410. The number of aromatic nitrogens is 2. The molecule has 0 aliphatic carbocycles. The maximum Gasteiger partial charge on any atom is 0.338 e. The summed E-state index contributed by atoms with van der Waals surface area (Å²) in [5, 5.41) is 0. The predicted molar refractivity (Wildman–Crippen MR) is 125 cm³/mol. The lowest BCUT2D eigenvalue weighted by Gasteiger charge is -2.22. The molecule has 1 N–H and O–H groups in total. The Morgan fingerprint density at radius 2 is 1.57 bits per heavy atom. The number of esters is 2. The highest BCUT2D eigenvalue weighted by Gasteiger charge is 2.35. The van der Waals surface area contributed by atoms with Crippen LogP contribution in [-0.2, 0) is 37.4 Å². The van der Waals surface area contributed by atoms with E-state index in [0.717, 1.165) is 0 Å². The highest BCUT2D eigenvalue weighted by atomic mass is 31.2. The van der Waals surface area contributed by atoms with Crippen LogP contribution in [0.3, 0.4) is 0 Å². The van der Waals surface area contributed by atoms with E-state index in [2.05, 4.69) is 4.98 Å². The van der Waals surface area contributed by atoms with Gasteiger partial charge >= 0.3 is 26.2 Å². The zero-order valence-electron chi connectivity index (χ0n) is 21.2. The number of aromatic amines is 1. The number of hydrogen-bond donors (Lipinski definition) is 1. The minimum Gasteiger partial charge on any atom is -0.438 e. The van der Waals surface area contributed by atoms with Gasteiger partial charge in [-0.3, -0.25) is 33.0 Å². The van der Waals surface area contributed by atoms with Gasteiger partial charge in [-0.2, -0.15) is 0 Å². The Balaban J connectivity index is 1.94. The first kappa shape index (κ1) is 29.1. The van der Waals surface area contributed by atoms with Gasteiger partial charge in [-0.25, -0.2) is 4.79 Å². The summed E-state index contributed by atoms with van der Waals surface area (Å²) in [7, 11) is -2.05. The lowest BCUT2D eigenvalue weighted by Crippen LogP contribution is -2.33. The molecule has 1 aromatic rings. The van der Waals surface area contributed by atoms with Gasteiger partial charge in [0.15, 0.2) is 0 Å². The van der Waals surface area contributed by atoms with Gasteiger partial charge < -0.3 is 18.7 Å². The fourth-order valence-electron chi connectivity index (χ4n) is 2.93. The number of nitrogens with zero attached hydrogens (tertiary/aromatic N) is 1. The number of hydrogen-bond acceptors (Lipinski definition) is 10. The van der Waals surface area contributed by atoms with Crippen molar-refractivity contribution >= 4 is 20.5 Å². The van der Waals surface area contributed by atoms with Crippen LogP contribution in [-0.4, -0.2) is 47.8 Å². The molecule has 2 heterocycles. The van der Waals surface area contributed by atoms with E-state index < -0.39 is 68.5 Å². The molecular formula is C22H35N2O10P. The maximum absolute atomic E-state index is 12.1. The molecule has 1 saturated heterocycles. The van der Waals surface area contributed by atoms with Crippen LogP contribution in [0.2, 0.25) is 0 Å². The van der Waals surface area contributed by atoms with Crippen LogP contribution in [0.4, 0.5) is 0 Å². The number of carbonyl (C=O) groups is 2. The summed E-state index contributed by atoms with van der Waals surface area (Å²) >= 11 is 0. The highest BCUT2D eigenvalue weighted by Crippen LogP contribution is 2.42. The molecule has 13 heteroatoms. The van der Waals surface area contributed by atoms with Crippen molar-refractivity contribution in [3.63, 3.8) is 0 Å². The van der Waals surface area contributed by atoms with E-state index in [9.17, 15) is 19.2 Å². The molecule has 0 radical (unpaired) electrons. The van der Waals surface area contributed by atoms with E-state index in [0.29, 0.717) is 6.42 Å². The second-order valence-electron chi connectivity index (χ2n) is 10.3. The molecule has 1 aromatic heterocycles. The van der Waals surface area contributed by atoms with E-state index in [1.807, 2.05) is 6.92 Å². The quantitative estimate of drug-likeness (QED) is 0.279. The van der Waals surface area contributed by atoms with Crippen LogP contribution in [0.1, 0.15) is 61.1 Å². The van der Waals surface area contributed by atoms with Crippen molar-refractivity contribution in [1.29, 1.82) is 0 Å². The van der Waals surface area contributed by atoms with Crippen molar-refractivity contribution < 1.29 is 37.4 Å². The Morgan fingerprint density at radius 1 is 1.03 bits per heavy atom. The van der Waals surface area contributed by atoms with Crippen LogP contribution < -0.4 is 11.2 Å². The smallest absolute Gasteiger partial charge is 0.338 e. The standard InChI is InChI=1S/C22H35N2O10P/c1-14-10-15(34-17(14)24-9-8-16(25)23-20(24)28)11-31-35(32-12-29-18(26)21(2,3)4)33-13-30-19(27)22(5,6)7/h8-9,14-15,17H,10-13H2,1-7H3,(H,23,25,28). The molecule has 2 rings (SSSR count). The van der Waals surface area contributed by atoms with Crippen molar-refractivity contribution in [3.8, 4) is 0 Å². The number of ether oxygens (including phenoxy) is 3. The molecule has 1 fully saturated rings. The summed E-state index contributed by atoms with van der Waals surface area (Å²) in [5.74, 6) is -0.969. The molecule has 0 aromatic carbocycles. The van der Waals surface area contributed by atoms with Gasteiger partial charge in [0.05, 0.1) is 23.5 Å². The summed E-state index contributed by atoms with van der Waals surface area (Å²) in [4.78, 5) is 49.6. The molecule has 1 aliphatic rings. The topological polar surface area (TPSA) is 144 Å². The van der Waals surface area contributed by atoms with E-state index in [-0.39, 0.29) is 12.5 Å². The van der Waals surface area contributed by atoms with Crippen LogP contribution >= 0.6 is 8.60 Å². The van der Waals surface area contributed by atoms with Crippen molar-refractivity contribution in [3.05, 3.63) is 33.1 Å². The first-order valence-corrected chi connectivity index (χ1v) is 12.3. The molecule has 3 atom stereocenters. The third-order valence-electron chi connectivity index (χ3n) is 4.87. The molecule has 35 heavy (non-hydrogen) atoms. The summed E-state index contributed by atoms with van der Waals surface area (Å²) < 4.78 is 34.1. The molecule has 3 unspecified atom stereocenters. The zero-order chi connectivity index (χ0) is 26.4. The second-order valence-corrected chi connectivity index (χ2v) is 11.5. The first-order chi connectivity index (χ1) is 16.2. The van der Waals surface area contributed by atoms with E-state index in [1.165, 1.54) is 16.8 Å². The van der Waals surface area contributed by atoms with Crippen molar-refractivity contribution in [2.24, 2.45) is 16.7 Å². The van der Waals surface area contributed by atoms with Crippen LogP contribution in [0.5, 0.6) is 0 Å². The van der Waals surface area contributed by atoms with Gasteiger partial charge in [-0.15, -0.1) is 0 Å². The Hall–Kier alpha value is -2.11. The molecular weight excluding hydrogens is 483 g/mol. The fourth-order valence-corrected chi connectivity index (χ4v) is 3.72. The number of rotatable bonds is 10. The third-order valence-corrected chi connectivity index (χ3v) is 5.86. The van der Waals surface area contributed by atoms with Crippen molar-refractivity contribution in [1.82, 2.24) is 9.55 Å². The molecule has 0 bridgehead atoms. The summed E-state index contributed by atoms with van der Waals surface area (Å²) in [6, 6.07) is 1.25. The van der Waals surface area contributed by atoms with Crippen molar-refractivity contribution in [2.75, 3.05) is 20.2 Å². The highest BCUT2D eigenvalue weighted by molar-refractivity contribution is 7.41. The lowest BCUT2D eigenvalue weighted by atomic mass is 9.98. The second kappa shape index (κ2) is 12.2. The average molecular weight is 519 g/mol. The van der Waals surface area contributed by atoms with E-state index in [1.54, 1.807) is 41.5 Å². The van der Waals surface area contributed by atoms with Gasteiger partial charge in [-0.05, 0) is 48.0 Å². The molecule has 0 amide bonds. The van der Waals surface area contributed by atoms with Crippen molar-refractivity contribution in [2.45, 2.75) is 67.2 Å². The van der Waals surface area contributed by atoms with Crippen LogP contribution in [0, 0.1) is 16.7 Å². The Kier molecular flexibility index (Phi) is 10.2. The van der Waals surface area contributed by atoms with Gasteiger partial charge in [0.25, 0.3) is 5.56 Å². The summed E-state index contributed by atoms with van der Waals surface area (Å²) in [5.41, 5.74) is -2.47. The maximum atomic E-state index is 12.1. The Morgan fingerprint density at radius 3 is 2.06 bits per heavy atom. The van der Waals surface area contributed by atoms with Gasteiger partial charge in [0, 0.05) is 18.2 Å². The largest absolute Gasteiger partial charge is 0.438 e. The summed E-state index contributed by atoms with van der Waals surface area (Å²) in [6.45, 7) is 11.4. The predicted octanol–water partition coefficient (Wildman–Crippen LogP) is 2.83. The molecule has 0 saturated carbocycles. The summed E-state index contributed by atoms with van der Waals surface area (Å²) in [6.07, 6.45) is 0.969. The van der Waals surface area contributed by atoms with Gasteiger partial charge in [0.1, 0.15) is 6.23 Å². The number of nitrogens with one attached hydrogen (secondary N) is 1.